The van der Waals surface area contributed by atoms with Crippen LogP contribution in [0.3, 0.4) is 0 Å². The number of aliphatic hydroxyl groups excluding tert-OH is 1. The van der Waals surface area contributed by atoms with Gasteiger partial charge in [0.05, 0.1) is 32.7 Å². The Labute approximate surface area is 521 Å². The van der Waals surface area contributed by atoms with Crippen LogP contribution in [0, 0.1) is 5.92 Å². The number of hydrogen-bond acceptors (Lipinski definition) is 19. The average Bonchev–Trinajstić information content (AvgIpc) is 1.93. The van der Waals surface area contributed by atoms with Crippen molar-refractivity contribution in [3.8, 4) is 11.5 Å². The highest BCUT2D eigenvalue weighted by Gasteiger charge is 2.40. The molecule has 9 atom stereocenters. The summed E-state index contributed by atoms with van der Waals surface area (Å²) in [5, 5.41) is 52.6. The van der Waals surface area contributed by atoms with Gasteiger partial charge in [-0.1, -0.05) is 38.1 Å². The van der Waals surface area contributed by atoms with Crippen molar-refractivity contribution >= 4 is 90.6 Å². The van der Waals surface area contributed by atoms with Crippen LogP contribution in [0.25, 0.3) is 0 Å². The molecule has 91 heavy (non-hydrogen) atoms. The number of phosphoric acid groups is 1. The number of carbonyl (C=O) groups is 13. The van der Waals surface area contributed by atoms with E-state index in [-0.39, 0.29) is 81.4 Å². The molecule has 0 bridgehead atoms. The van der Waals surface area contributed by atoms with Crippen LogP contribution < -0.4 is 76.1 Å². The molecule has 2 aromatic rings. The van der Waals surface area contributed by atoms with E-state index < -0.39 is 172 Å². The number of nitrogens with one attached hydrogen (secondary N) is 10. The van der Waals surface area contributed by atoms with E-state index in [1.54, 1.807) is 0 Å². The molecule has 3 rings (SSSR count). The van der Waals surface area contributed by atoms with Crippen molar-refractivity contribution in [2.24, 2.45) is 33.8 Å². The number of carbonyl (C=O) groups excluding carboxylic acids is 13. The summed E-state index contributed by atoms with van der Waals surface area (Å²) in [5.41, 5.74) is 22.4. The molecular formula is C54H81N16O20P. The molecule has 1 aliphatic heterocycles. The third-order valence-electron chi connectivity index (χ3n) is 13.4. The molecular weight excluding hydrogens is 1220 g/mol. The SMILES string of the molecule is CC(=O)N[C@@H](CC(C)C)C(=O)N[C@@H](Cc1ccc(O)cc1)C(=O)N[C@@H](CCCN=C(N)N)C(=O)N[C@@H](C)C(=O)N[C@@H](CC(N)=O)C(=O)NCC(=O)N[C@@H](COP(=O)(O)O)C(=O)N1CCC[C@H]1C(=O)NCC(=O)N[C@@H](Cc1ccc(O)cc1)C(=O)N[C@@H](CO)C(N)=O. The van der Waals surface area contributed by atoms with E-state index in [1.807, 2.05) is 13.8 Å². The number of nitrogens with two attached hydrogens (primary N) is 4. The minimum atomic E-state index is -5.36. The fraction of sp³-hybridized carbons (Fsp3) is 0.519. The second-order valence-corrected chi connectivity index (χ2v) is 22.7. The maximum Gasteiger partial charge on any atom is 0.469 e. The summed E-state index contributed by atoms with van der Waals surface area (Å²) in [4.78, 5) is 196. The lowest BCUT2D eigenvalue weighted by Gasteiger charge is -2.29. The zero-order valence-corrected chi connectivity index (χ0v) is 51.2. The van der Waals surface area contributed by atoms with Crippen LogP contribution >= 0.6 is 7.82 Å². The van der Waals surface area contributed by atoms with Gasteiger partial charge in [0.1, 0.15) is 65.9 Å². The number of amides is 13. The average molecular weight is 1310 g/mol. The van der Waals surface area contributed by atoms with Gasteiger partial charge < -0.3 is 106 Å². The second kappa shape index (κ2) is 36.8. The van der Waals surface area contributed by atoms with Crippen molar-refractivity contribution in [2.45, 2.75) is 133 Å². The first-order valence-electron chi connectivity index (χ1n) is 28.4. The number of phenols is 2. The van der Waals surface area contributed by atoms with Crippen molar-refractivity contribution in [1.82, 2.24) is 58.1 Å². The summed E-state index contributed by atoms with van der Waals surface area (Å²) in [6.07, 6.45) is -1.08. The number of phenolic OH excluding ortho intramolecular Hbond substituents is 2. The maximum atomic E-state index is 14.1. The van der Waals surface area contributed by atoms with Gasteiger partial charge in [0.15, 0.2) is 5.96 Å². The quantitative estimate of drug-likeness (QED) is 0.0129. The highest BCUT2D eigenvalue weighted by Crippen LogP contribution is 2.36. The molecule has 0 aromatic heterocycles. The minimum Gasteiger partial charge on any atom is -0.508 e. The van der Waals surface area contributed by atoms with Crippen LogP contribution in [-0.4, -0.2) is 207 Å². The van der Waals surface area contributed by atoms with Gasteiger partial charge in [0.25, 0.3) is 0 Å². The number of rotatable bonds is 37. The summed E-state index contributed by atoms with van der Waals surface area (Å²) < 4.78 is 16.3. The molecule has 13 amide bonds. The largest absolute Gasteiger partial charge is 0.508 e. The smallest absolute Gasteiger partial charge is 0.469 e. The van der Waals surface area contributed by atoms with E-state index in [2.05, 4.69) is 62.7 Å². The Morgan fingerprint density at radius 1 is 0.626 bits per heavy atom. The Hall–Kier alpha value is -9.51. The van der Waals surface area contributed by atoms with Gasteiger partial charge in [-0.15, -0.1) is 0 Å². The number of likely N-dealkylation sites (tertiary alicyclic amines) is 1. The summed E-state index contributed by atoms with van der Waals surface area (Å²) >= 11 is 0. The van der Waals surface area contributed by atoms with Crippen LogP contribution in [0.2, 0.25) is 0 Å². The predicted octanol–water partition coefficient (Wildman–Crippen LogP) is -7.41. The molecule has 36 nitrogen and oxygen atoms in total. The van der Waals surface area contributed by atoms with Gasteiger partial charge in [-0.25, -0.2) is 4.57 Å². The van der Waals surface area contributed by atoms with E-state index in [0.717, 1.165) is 11.8 Å². The fourth-order valence-corrected chi connectivity index (χ4v) is 9.24. The van der Waals surface area contributed by atoms with E-state index >= 15 is 0 Å². The van der Waals surface area contributed by atoms with Gasteiger partial charge in [-0.2, -0.15) is 0 Å². The highest BCUT2D eigenvalue weighted by atomic mass is 31.2. The zero-order chi connectivity index (χ0) is 68.3. The van der Waals surface area contributed by atoms with Gasteiger partial charge in [-0.3, -0.25) is 71.8 Å². The Bertz CT molecular complexity index is 3000. The molecule has 2 aromatic carbocycles. The maximum absolute atomic E-state index is 14.1. The third-order valence-corrected chi connectivity index (χ3v) is 13.9. The molecule has 0 spiro atoms. The summed E-state index contributed by atoms with van der Waals surface area (Å²) in [6.45, 7) is 1.86. The molecule has 1 saturated heterocycles. The Morgan fingerprint density at radius 2 is 1.12 bits per heavy atom. The molecule has 1 heterocycles. The van der Waals surface area contributed by atoms with Crippen LogP contribution in [-0.2, 0) is 84.3 Å². The number of aliphatic imine (C=N–C) groups is 1. The lowest BCUT2D eigenvalue weighted by Crippen LogP contribution is -2.59. The number of aliphatic hydroxyl groups is 1. The predicted molar refractivity (Wildman–Crippen MR) is 319 cm³/mol. The van der Waals surface area contributed by atoms with Gasteiger partial charge in [0.2, 0.25) is 76.8 Å². The van der Waals surface area contributed by atoms with Crippen LogP contribution in [0.1, 0.15) is 77.3 Å². The number of benzene rings is 2. The fourth-order valence-electron chi connectivity index (χ4n) is 8.90. The molecule has 0 radical (unpaired) electrons. The zero-order valence-electron chi connectivity index (χ0n) is 50.3. The van der Waals surface area contributed by atoms with Crippen molar-refractivity contribution in [2.75, 3.05) is 39.4 Å². The Morgan fingerprint density at radius 3 is 1.63 bits per heavy atom. The number of primary amides is 2. The van der Waals surface area contributed by atoms with Crippen LogP contribution in [0.15, 0.2) is 53.5 Å². The Balaban J connectivity index is 1.75. The molecule has 37 heteroatoms. The summed E-state index contributed by atoms with van der Waals surface area (Å²) in [6, 6.07) is -2.50. The topological polar surface area (TPSA) is 589 Å². The minimum absolute atomic E-state index is 0.0310. The molecule has 0 aliphatic carbocycles. The second-order valence-electron chi connectivity index (χ2n) is 21.5. The molecule has 23 N–H and O–H groups in total. The van der Waals surface area contributed by atoms with Gasteiger partial charge in [0, 0.05) is 32.9 Å². The number of guanidine groups is 1. The summed E-state index contributed by atoms with van der Waals surface area (Å²) in [7, 11) is -5.36. The summed E-state index contributed by atoms with van der Waals surface area (Å²) in [5.74, 6) is -13.5. The molecule has 502 valence electrons. The van der Waals surface area contributed by atoms with E-state index in [9.17, 15) is 92.0 Å². The van der Waals surface area contributed by atoms with Gasteiger partial charge >= 0.3 is 7.82 Å². The first-order valence-corrected chi connectivity index (χ1v) is 29.9. The number of aromatic hydroxyl groups is 2. The van der Waals surface area contributed by atoms with Crippen molar-refractivity contribution < 1.29 is 96.5 Å². The number of hydrogen-bond donors (Lipinski definition) is 19. The highest BCUT2D eigenvalue weighted by molar-refractivity contribution is 7.46. The van der Waals surface area contributed by atoms with Crippen LogP contribution in [0.5, 0.6) is 11.5 Å². The van der Waals surface area contributed by atoms with E-state index in [1.165, 1.54) is 55.5 Å². The lowest BCUT2D eigenvalue weighted by atomic mass is 10.0. The standard InChI is InChI=1S/C54H81N16O20P/c1-27(2)19-35(63-29(4)72)49(82)68-37(21-31-11-15-33(74)16-12-31)51(84)66-34(7-5-17-59-54(57)58)48(81)62-28(3)46(79)67-38(22-42(55)75)47(80)60-23-44(77)65-40(26-90-91(87,88)89)53(86)70-18-6-8-41(70)52(85)61-24-43(76)64-36(20-30-9-13-32(73)14-10-30)50(83)69-39(25-71)45(56)78/h9-16,27-28,34-41,71,73-74H,5-8,17-26H2,1-4H3,(H2,55,75)(H2,56,78)(H,60,80)(H,61,85)(H,62,81)(H,63,72)(H,64,76)(H,65,77)(H,66,84)(H,67,79)(H,68,82)(H,69,83)(H4,57,58,59)(H2,87,88,89)/t28-,34-,35-,36-,37-,38-,39-,40-,41-/m0/s1. The molecule has 0 saturated carbocycles. The number of nitrogens with zero attached hydrogens (tertiary/aromatic N) is 2. The van der Waals surface area contributed by atoms with Crippen LogP contribution in [0.4, 0.5) is 0 Å². The molecule has 1 fully saturated rings. The van der Waals surface area contributed by atoms with Crippen molar-refractivity contribution in [3.63, 3.8) is 0 Å². The van der Waals surface area contributed by atoms with E-state index in [0.29, 0.717) is 11.1 Å². The monoisotopic (exact) mass is 1300 g/mol. The van der Waals surface area contributed by atoms with Crippen molar-refractivity contribution in [1.29, 1.82) is 0 Å². The number of phosphoric ester groups is 1. The lowest BCUT2D eigenvalue weighted by molar-refractivity contribution is -0.142. The normalized spacial score (nSPS) is 15.4. The molecule has 1 aliphatic rings. The van der Waals surface area contributed by atoms with E-state index in [4.69, 9.17) is 22.9 Å². The molecule has 0 unspecified atom stereocenters. The van der Waals surface area contributed by atoms with Gasteiger partial charge in [-0.05, 0) is 80.3 Å². The third kappa shape index (κ3) is 27.8. The first kappa shape index (κ1) is 75.7. The van der Waals surface area contributed by atoms with Crippen molar-refractivity contribution in [3.05, 3.63) is 59.7 Å². The first-order chi connectivity index (χ1) is 42.7. The Kier molecular flexibility index (Phi) is 30.7.